The Morgan fingerprint density at radius 1 is 0.465 bits per heavy atom. The molecular weight excluding hydrogens is 1590 g/mol. The van der Waals surface area contributed by atoms with Gasteiger partial charge in [0, 0.05) is 50.3 Å². The topological polar surface area (TPSA) is 175 Å². The van der Waals surface area contributed by atoms with Crippen molar-refractivity contribution in [2.45, 2.75) is 431 Å². The average molecular weight is 1800 g/mol. The van der Waals surface area contributed by atoms with Crippen LogP contribution >= 0.6 is 0 Å². The van der Waals surface area contributed by atoms with E-state index in [-0.39, 0.29) is 23.8 Å². The number of carboxylic acid groups (broad SMARTS) is 3. The Labute approximate surface area is 797 Å². The average Bonchev–Trinajstić information content (AvgIpc) is 1.63. The molecule has 129 heavy (non-hydrogen) atoms. The smallest absolute Gasteiger partial charge is 0.409 e. The molecular formula is C117H209N3O9. The summed E-state index contributed by atoms with van der Waals surface area (Å²) in [6.45, 7) is 66.3. The van der Waals surface area contributed by atoms with Gasteiger partial charge in [0.2, 0.25) is 0 Å². The van der Waals surface area contributed by atoms with Crippen LogP contribution in [0.1, 0.15) is 447 Å². The molecule has 13 rings (SSSR count). The van der Waals surface area contributed by atoms with Crippen molar-refractivity contribution >= 4 is 35.6 Å². The fourth-order valence-corrected chi connectivity index (χ4v) is 22.9. The number of carbonyl (C=O) groups is 5. The predicted octanol–water partition coefficient (Wildman–Crippen LogP) is 33.6. The van der Waals surface area contributed by atoms with Gasteiger partial charge in [0.15, 0.2) is 5.78 Å². The Hall–Kier alpha value is -4.74. The minimum absolute atomic E-state index is 0.0706. The lowest BCUT2D eigenvalue weighted by Crippen LogP contribution is -2.49. The van der Waals surface area contributed by atoms with Crippen LogP contribution < -0.4 is 4.90 Å². The Bertz CT molecular complexity index is 3230. The van der Waals surface area contributed by atoms with E-state index in [9.17, 15) is 29.1 Å². The normalized spacial score (nSPS) is 26.6. The van der Waals surface area contributed by atoms with Crippen molar-refractivity contribution in [1.82, 2.24) is 9.88 Å². The molecule has 2 aromatic rings. The number of fused-ring (bicyclic) bond motifs is 4. The monoisotopic (exact) mass is 1800 g/mol. The van der Waals surface area contributed by atoms with Crippen LogP contribution in [0.5, 0.6) is 0 Å². The molecule has 15 atom stereocenters. The summed E-state index contributed by atoms with van der Waals surface area (Å²) in [6.07, 6.45) is 53.8. The number of hydrogen-bond donors (Lipinski definition) is 3. The Morgan fingerprint density at radius 3 is 1.37 bits per heavy atom. The van der Waals surface area contributed by atoms with Crippen molar-refractivity contribution in [3.63, 3.8) is 0 Å². The zero-order valence-electron chi connectivity index (χ0n) is 89.2. The van der Waals surface area contributed by atoms with Gasteiger partial charge in [-0.25, -0.2) is 9.78 Å². The van der Waals surface area contributed by atoms with E-state index in [0.717, 1.165) is 158 Å². The number of anilines is 1. The first kappa shape index (κ1) is 118. The van der Waals surface area contributed by atoms with Gasteiger partial charge in [0.1, 0.15) is 5.82 Å². The quantitative estimate of drug-likeness (QED) is 0.0573. The number of Topliss-reactive ketones (excluding diaryl/α,β-unsaturated/α-hetero) is 1. The molecule has 0 radical (unpaired) electrons. The number of benzene rings is 1. The summed E-state index contributed by atoms with van der Waals surface area (Å²) in [5, 5.41) is 27.0. The summed E-state index contributed by atoms with van der Waals surface area (Å²) in [7, 11) is 0. The Balaban J connectivity index is 0.000000372. The molecule has 1 aromatic carbocycles. The number of aromatic nitrogens is 1. The minimum Gasteiger partial charge on any atom is -0.481 e. The van der Waals surface area contributed by atoms with Crippen molar-refractivity contribution in [2.24, 2.45) is 172 Å². The Morgan fingerprint density at radius 2 is 0.953 bits per heavy atom. The highest BCUT2D eigenvalue weighted by molar-refractivity contribution is 5.98. The molecule has 1 saturated heterocycles. The largest absolute Gasteiger partial charge is 0.481 e. The second kappa shape index (κ2) is 65.1. The van der Waals surface area contributed by atoms with E-state index < -0.39 is 17.9 Å². The summed E-state index contributed by atoms with van der Waals surface area (Å²) < 4.78 is 5.02. The molecule has 0 spiro atoms. The molecule has 746 valence electrons. The predicted molar refractivity (Wildman–Crippen MR) is 551 cm³/mol. The fraction of sp³-hybridized carbons (Fsp3) is 0.846. The fourth-order valence-electron chi connectivity index (χ4n) is 22.9. The van der Waals surface area contributed by atoms with Crippen molar-refractivity contribution in [2.75, 3.05) is 37.7 Å². The van der Waals surface area contributed by atoms with Crippen LogP contribution in [0, 0.1) is 172 Å². The van der Waals surface area contributed by atoms with Crippen LogP contribution in [0.15, 0.2) is 60.8 Å². The molecule has 2 heterocycles. The molecule has 10 fully saturated rings. The third-order valence-electron chi connectivity index (χ3n) is 30.9. The van der Waals surface area contributed by atoms with Gasteiger partial charge in [-0.2, -0.15) is 0 Å². The molecule has 1 aromatic heterocycles. The number of ether oxygens (including phenoxy) is 1. The van der Waals surface area contributed by atoms with Gasteiger partial charge in [-0.3, -0.25) is 19.2 Å². The number of carboxylic acids is 3. The number of amides is 1. The van der Waals surface area contributed by atoms with Crippen LogP contribution in [0.3, 0.4) is 0 Å². The lowest BCUT2D eigenvalue weighted by molar-refractivity contribution is -0.146. The molecule has 9 saturated carbocycles. The van der Waals surface area contributed by atoms with Gasteiger partial charge in [-0.05, 0) is 268 Å². The van der Waals surface area contributed by atoms with E-state index in [2.05, 4.69) is 221 Å². The summed E-state index contributed by atoms with van der Waals surface area (Å²) >= 11 is 0. The van der Waals surface area contributed by atoms with E-state index in [1.807, 2.05) is 43.5 Å². The van der Waals surface area contributed by atoms with Gasteiger partial charge < -0.3 is 29.9 Å². The second-order valence-electron chi connectivity index (χ2n) is 47.3. The van der Waals surface area contributed by atoms with E-state index in [1.165, 1.54) is 160 Å². The van der Waals surface area contributed by atoms with Gasteiger partial charge in [0.05, 0.1) is 18.4 Å². The number of piperazine rings is 1. The number of nitrogens with zero attached hydrogens (tertiary/aromatic N) is 3. The highest BCUT2D eigenvalue weighted by Gasteiger charge is 2.48. The second-order valence-corrected chi connectivity index (χ2v) is 47.3. The standard InChI is InChI=1S/C16H22O.C15H23N3O2.C12H18O2.C12H22O2.C11H20.C11H22.C10H18O2.C10H20.C9H20.C7H14.C4H10/c1-12(2)14-10-6-7-11-15(14)16(17)13-8-4-3-5-9-13;1-4-20-15(19)18-9-7-17(8-10-18)14-6-5-13(11-16-14)12(2)3;1-7(2)5-10-8-3-4-9(6-8)11(10)12(13)14;1-9(2)7-10-5-3-4-6-11(10)8-12(13)14;1-8(2)5-11-7-9-3-4-10(11)6-9;1-9(2)8-11-6-4-10(3)5-7-11;1-7(2)8-5-3-4-6-9(8)10(11)12;1-9(2)7-8-10-5-3-4-6-10;1-6-8(4)9(5)7(2)3;1-6(2)5-7-3-4-7;1-4(2)3/h3-5,8-9,12,14-15H,6-7,10-11H2,1-2H3;5-6,11-12H,4,7-10H2,1-3H3;3-4,7-11H,5-6H2,1-2H3,(H,13,14);9-11H,3-8H2,1-2H3,(H,13,14);8-11H,3-7H2,1-2H3;9-11H,4-8H2,1-3H3;7-9H,3-6H2,1-2H3,(H,11,12);9-10H,3-8H2,1-2H3;7-9H,6H2,1-5H3;6-7H,3-5H2,1-2H3;4H,1-3H3/t14-,15?;;;;;;8-,9?;;;;/m0.....1..../s1. The van der Waals surface area contributed by atoms with Crippen LogP contribution in [-0.4, -0.2) is 87.8 Å². The number of rotatable bonds is 27. The van der Waals surface area contributed by atoms with Gasteiger partial charge >= 0.3 is 24.0 Å². The number of pyridine rings is 1. The number of hydrogen-bond acceptors (Lipinski definition) is 8. The molecule has 1 amide bonds. The Kier molecular flexibility index (Phi) is 59.7. The zero-order valence-corrected chi connectivity index (χ0v) is 89.2. The van der Waals surface area contributed by atoms with Crippen LogP contribution in [-0.2, 0) is 19.1 Å². The highest BCUT2D eigenvalue weighted by Crippen LogP contribution is 2.52. The maximum Gasteiger partial charge on any atom is 0.409 e. The number of carbonyl (C=O) groups excluding carboxylic acids is 2. The van der Waals surface area contributed by atoms with Gasteiger partial charge in [-0.15, -0.1) is 0 Å². The van der Waals surface area contributed by atoms with E-state index in [4.69, 9.17) is 14.9 Å². The maximum absolute atomic E-state index is 12.5. The summed E-state index contributed by atoms with van der Waals surface area (Å²) in [5.74, 6) is 20.8. The van der Waals surface area contributed by atoms with E-state index >= 15 is 0 Å². The first-order valence-corrected chi connectivity index (χ1v) is 54.5. The molecule has 12 nitrogen and oxygen atoms in total. The van der Waals surface area contributed by atoms with Crippen LogP contribution in [0.4, 0.5) is 10.6 Å². The first-order chi connectivity index (χ1) is 61.0. The van der Waals surface area contributed by atoms with Gasteiger partial charge in [0.25, 0.3) is 0 Å². The lowest BCUT2D eigenvalue weighted by atomic mass is 9.71. The van der Waals surface area contributed by atoms with E-state index in [1.54, 1.807) is 30.6 Å². The van der Waals surface area contributed by atoms with Crippen molar-refractivity contribution < 1.29 is 44.0 Å². The molecule has 4 bridgehead atoms. The molecule has 11 aliphatic rings. The highest BCUT2D eigenvalue weighted by atomic mass is 16.6. The minimum atomic E-state index is -0.620. The number of ketones is 1. The van der Waals surface area contributed by atoms with Crippen molar-refractivity contribution in [3.8, 4) is 0 Å². The zero-order chi connectivity index (χ0) is 96.6. The third-order valence-corrected chi connectivity index (χ3v) is 30.9. The SMILES string of the molecule is CC(C)C.CC(C)CC1C2C=CC(C2)C1C(=O)O.CC(C)CC1CC1.CC(C)CC1CC2CCC1C2.CC(C)CC1CCC(C)CC1.CC(C)CC1CCCCC1CC(=O)O.CC(C)CCC1CCCC1.CC(C)[C@@H]1CCCCC1C(=O)c1ccccc1.CC(C)[C@H]1CCCCC1C(=O)O.CCC(C)C(C)C(C)C.CCOC(=O)N1CCN(c2ccc(C(C)C)cn2)CC1. The van der Waals surface area contributed by atoms with Crippen LogP contribution in [0.2, 0.25) is 0 Å². The van der Waals surface area contributed by atoms with E-state index in [0.29, 0.717) is 103 Å². The summed E-state index contributed by atoms with van der Waals surface area (Å²) in [4.78, 5) is 65.3. The third kappa shape index (κ3) is 49.0. The molecule has 13 unspecified atom stereocenters. The molecule has 10 aliphatic carbocycles. The maximum atomic E-state index is 12.5. The summed E-state index contributed by atoms with van der Waals surface area (Å²) in [5.41, 5.74) is 2.14. The molecule has 12 heteroatoms. The lowest BCUT2D eigenvalue weighted by Gasteiger charge is -2.34. The van der Waals surface area contributed by atoms with Gasteiger partial charge in [-0.1, -0.05) is 370 Å². The number of allylic oxidation sites excluding steroid dienone is 2. The first-order valence-electron chi connectivity index (χ1n) is 54.5. The number of aliphatic carboxylic acids is 3. The van der Waals surface area contributed by atoms with Crippen molar-refractivity contribution in [1.29, 1.82) is 0 Å². The van der Waals surface area contributed by atoms with Crippen LogP contribution in [0.25, 0.3) is 0 Å². The molecule has 3 N–H and O–H groups in total. The van der Waals surface area contributed by atoms with Crippen molar-refractivity contribution in [3.05, 3.63) is 71.9 Å². The summed E-state index contributed by atoms with van der Waals surface area (Å²) in [6, 6.07) is 14.0. The molecule has 1 aliphatic heterocycles.